The molecule has 1 saturated heterocycles. The van der Waals surface area contributed by atoms with Crippen LogP contribution in [0, 0.1) is 11.3 Å². The normalized spacial score (nSPS) is 23.3. The number of hydrogen-bond acceptors (Lipinski definition) is 10. The minimum Gasteiger partial charge on any atom is -0.387 e. The van der Waals surface area contributed by atoms with Gasteiger partial charge in [-0.25, -0.2) is 4.98 Å². The van der Waals surface area contributed by atoms with Gasteiger partial charge in [-0.15, -0.1) is 0 Å². The molecule has 1 fully saturated rings. The molecule has 2 aromatic heterocycles. The van der Waals surface area contributed by atoms with E-state index in [1.807, 2.05) is 55.3 Å². The van der Waals surface area contributed by atoms with Crippen molar-refractivity contribution in [3.8, 4) is 6.07 Å². The Labute approximate surface area is 200 Å². The van der Waals surface area contributed by atoms with Gasteiger partial charge in [0.1, 0.15) is 30.7 Å². The van der Waals surface area contributed by atoms with Gasteiger partial charge in [-0.3, -0.25) is 9.13 Å². The minimum atomic E-state index is -4.40. The highest BCUT2D eigenvalue weighted by atomic mass is 31.2. The predicted octanol–water partition coefficient (Wildman–Crippen LogP) is 0.666. The van der Waals surface area contributed by atoms with E-state index in [2.05, 4.69) is 15.0 Å². The van der Waals surface area contributed by atoms with Gasteiger partial charge in [-0.05, 0) is 12.5 Å². The Morgan fingerprint density at radius 1 is 1.26 bits per heavy atom. The number of anilines is 1. The Kier molecular flexibility index (Phi) is 7.16. The van der Waals surface area contributed by atoms with Crippen molar-refractivity contribution in [2.75, 3.05) is 24.9 Å². The van der Waals surface area contributed by atoms with Crippen LogP contribution in [0.4, 0.5) is 5.82 Å². The molecule has 1 aromatic carbocycles. The molecule has 0 aliphatic carbocycles. The van der Waals surface area contributed by atoms with Gasteiger partial charge < -0.3 is 34.4 Å². The molecule has 1 aliphatic heterocycles. The molecule has 4 N–H and O–H groups in total. The molecule has 4 rings (SSSR count). The van der Waals surface area contributed by atoms with E-state index in [1.54, 1.807) is 0 Å². The average Bonchev–Trinajstić information content (AvgIpc) is 3.38. The number of benzene rings is 1. The summed E-state index contributed by atoms with van der Waals surface area (Å²) in [5.74, 6) is 0.284. The molecule has 5 atom stereocenters. The third kappa shape index (κ3) is 5.19. The summed E-state index contributed by atoms with van der Waals surface area (Å²) in [6.45, 7) is 1.63. The molecule has 0 amide bonds. The summed E-state index contributed by atoms with van der Waals surface area (Å²) in [5.41, 5.74) is 1.60. The number of imidazole rings is 1. The van der Waals surface area contributed by atoms with Crippen LogP contribution in [0.25, 0.3) is 11.2 Å². The summed E-state index contributed by atoms with van der Waals surface area (Å²) in [5, 5.41) is 30.5. The zero-order valence-corrected chi connectivity index (χ0v) is 19.8. The molecule has 1 aliphatic rings. The topological polar surface area (TPSA) is 187 Å². The van der Waals surface area contributed by atoms with Gasteiger partial charge >= 0.3 is 7.60 Å². The Morgan fingerprint density at radius 3 is 2.63 bits per heavy atom. The van der Waals surface area contributed by atoms with Gasteiger partial charge in [0.25, 0.3) is 0 Å². The van der Waals surface area contributed by atoms with Crippen molar-refractivity contribution < 1.29 is 34.0 Å². The van der Waals surface area contributed by atoms with Gasteiger partial charge in [0, 0.05) is 7.05 Å². The third-order valence-electron chi connectivity index (χ3n) is 5.85. The number of ether oxygens (including phenoxy) is 2. The maximum absolute atomic E-state index is 11.0. The Bertz CT molecular complexity index is 1280. The maximum Gasteiger partial charge on any atom is 0.350 e. The quantitative estimate of drug-likeness (QED) is 0.314. The van der Waals surface area contributed by atoms with Crippen molar-refractivity contribution in [3.63, 3.8) is 0 Å². The zero-order valence-electron chi connectivity index (χ0n) is 18.9. The second-order valence-electron chi connectivity index (χ2n) is 8.22. The highest BCUT2D eigenvalue weighted by molar-refractivity contribution is 7.51. The molecule has 3 aromatic rings. The van der Waals surface area contributed by atoms with Crippen molar-refractivity contribution >= 4 is 24.6 Å². The van der Waals surface area contributed by atoms with Crippen molar-refractivity contribution in [3.05, 3.63) is 48.0 Å². The molecule has 13 nitrogen and oxygen atoms in total. The SMILES string of the molecule is CC(c1ccccc1)N(C)c1nc(C#N)nc2c1ncn2[C@@H]1O[C@H](COCP(=O)(O)O)[C@@H](O)[C@H]1O. The van der Waals surface area contributed by atoms with Crippen molar-refractivity contribution in [1.29, 1.82) is 5.26 Å². The third-order valence-corrected chi connectivity index (χ3v) is 6.37. The number of nitriles is 1. The van der Waals surface area contributed by atoms with E-state index in [4.69, 9.17) is 19.3 Å². The maximum atomic E-state index is 11.0. The molecule has 0 spiro atoms. The summed E-state index contributed by atoms with van der Waals surface area (Å²) in [7, 11) is -2.58. The lowest BCUT2D eigenvalue weighted by molar-refractivity contribution is -0.0612. The van der Waals surface area contributed by atoms with Crippen molar-refractivity contribution in [1.82, 2.24) is 19.5 Å². The van der Waals surface area contributed by atoms with Crippen LogP contribution in [0.1, 0.15) is 30.6 Å². The van der Waals surface area contributed by atoms with Gasteiger partial charge in [0.05, 0.1) is 19.0 Å². The predicted molar refractivity (Wildman–Crippen MR) is 122 cm³/mol. The molecule has 1 unspecified atom stereocenters. The first kappa shape index (κ1) is 25.2. The monoisotopic (exact) mass is 504 g/mol. The van der Waals surface area contributed by atoms with Gasteiger partial charge in [-0.2, -0.15) is 15.2 Å². The van der Waals surface area contributed by atoms with E-state index >= 15 is 0 Å². The first-order valence-corrected chi connectivity index (χ1v) is 12.5. The molecule has 3 heterocycles. The van der Waals surface area contributed by atoms with E-state index in [9.17, 15) is 20.0 Å². The number of rotatable bonds is 8. The molecular weight excluding hydrogens is 479 g/mol. The number of aliphatic hydroxyl groups is 2. The Morgan fingerprint density at radius 2 is 1.97 bits per heavy atom. The van der Waals surface area contributed by atoms with Crippen LogP contribution in [0.15, 0.2) is 36.7 Å². The van der Waals surface area contributed by atoms with E-state index < -0.39 is 38.5 Å². The molecule has 186 valence electrons. The van der Waals surface area contributed by atoms with Gasteiger partial charge in [0.15, 0.2) is 23.2 Å². The summed E-state index contributed by atoms with van der Waals surface area (Å²) in [6.07, 6.45) is -4.48. The number of aromatic nitrogens is 4. The van der Waals surface area contributed by atoms with Crippen molar-refractivity contribution in [2.45, 2.75) is 37.5 Å². The lowest BCUT2D eigenvalue weighted by Crippen LogP contribution is -2.34. The van der Waals surface area contributed by atoms with Crippen molar-refractivity contribution in [2.24, 2.45) is 0 Å². The van der Waals surface area contributed by atoms with Crippen LogP contribution in [-0.2, 0) is 14.0 Å². The Hall–Kier alpha value is -2.95. The largest absolute Gasteiger partial charge is 0.387 e. The highest BCUT2D eigenvalue weighted by Crippen LogP contribution is 2.36. The standard InChI is InChI=1S/C21H25N6O7P/c1-12(13-6-4-3-5-7-13)26(2)19-16-20(25-15(8-22)24-19)27(10-23-16)21-18(29)17(28)14(34-21)9-33-11-35(30,31)32/h3-7,10,12,14,17-18,21,28-29H,9,11H2,1-2H3,(H2,30,31,32)/t12?,14-,17-,18-,21-/m1/s1. The first-order valence-electron chi connectivity index (χ1n) is 10.7. The summed E-state index contributed by atoms with van der Waals surface area (Å²) in [6, 6.07) is 11.5. The van der Waals surface area contributed by atoms with Crippen LogP contribution >= 0.6 is 7.60 Å². The van der Waals surface area contributed by atoms with Gasteiger partial charge in [-0.1, -0.05) is 30.3 Å². The zero-order chi connectivity index (χ0) is 25.3. The summed E-state index contributed by atoms with van der Waals surface area (Å²) in [4.78, 5) is 32.7. The molecule has 14 heteroatoms. The molecular formula is C21H25N6O7P. The molecule has 0 bridgehead atoms. The smallest absolute Gasteiger partial charge is 0.350 e. The van der Waals surface area contributed by atoms with E-state index in [0.29, 0.717) is 11.3 Å². The fraction of sp³-hybridized carbons (Fsp3) is 0.429. The summed E-state index contributed by atoms with van der Waals surface area (Å²) < 4.78 is 23.1. The van der Waals surface area contributed by atoms with E-state index in [0.717, 1.165) is 5.56 Å². The lowest BCUT2D eigenvalue weighted by Gasteiger charge is -2.26. The van der Waals surface area contributed by atoms with Crippen LogP contribution in [-0.4, -0.2) is 77.8 Å². The van der Waals surface area contributed by atoms with E-state index in [-0.39, 0.29) is 24.1 Å². The Balaban J connectivity index is 1.65. The average molecular weight is 504 g/mol. The lowest BCUT2D eigenvalue weighted by atomic mass is 10.1. The highest BCUT2D eigenvalue weighted by Gasteiger charge is 2.44. The van der Waals surface area contributed by atoms with Gasteiger partial charge in [0.2, 0.25) is 5.82 Å². The second kappa shape index (κ2) is 9.96. The van der Waals surface area contributed by atoms with Crippen LogP contribution in [0.3, 0.4) is 0 Å². The van der Waals surface area contributed by atoms with E-state index in [1.165, 1.54) is 10.9 Å². The molecule has 0 saturated carbocycles. The second-order valence-corrected chi connectivity index (χ2v) is 9.80. The van der Waals surface area contributed by atoms with Crippen LogP contribution in [0.5, 0.6) is 0 Å². The number of aliphatic hydroxyl groups excluding tert-OH is 2. The number of nitrogens with zero attached hydrogens (tertiary/aromatic N) is 6. The van der Waals surface area contributed by atoms with Crippen LogP contribution < -0.4 is 4.90 Å². The summed E-state index contributed by atoms with van der Waals surface area (Å²) >= 11 is 0. The fourth-order valence-electron chi connectivity index (χ4n) is 3.91. The molecule has 35 heavy (non-hydrogen) atoms. The first-order chi connectivity index (χ1) is 16.6. The minimum absolute atomic E-state index is 0.114. The number of fused-ring (bicyclic) bond motifs is 1. The number of hydrogen-bond donors (Lipinski definition) is 4. The fourth-order valence-corrected chi connectivity index (χ4v) is 4.25. The molecule has 0 radical (unpaired) electrons. The van der Waals surface area contributed by atoms with Crippen LogP contribution in [0.2, 0.25) is 0 Å².